The first kappa shape index (κ1) is 30.6. The summed E-state index contributed by atoms with van der Waals surface area (Å²) in [7, 11) is 0. The van der Waals surface area contributed by atoms with Crippen LogP contribution in [0, 0.1) is 23.4 Å². The summed E-state index contributed by atoms with van der Waals surface area (Å²) < 4.78 is 75.5. The number of Topliss-reactive ketones (excluding diaryl/α,β-unsaturated/α-hetero) is 1. The highest BCUT2D eigenvalue weighted by Crippen LogP contribution is 2.25. The van der Waals surface area contributed by atoms with Gasteiger partial charge in [-0.15, -0.1) is 0 Å². The minimum absolute atomic E-state index is 0.156. The van der Waals surface area contributed by atoms with E-state index in [1.165, 1.54) is 13.0 Å². The number of allylic oxidation sites excluding steroid dienone is 5. The molecule has 0 bridgehead atoms. The molecule has 1 atom stereocenters. The first-order chi connectivity index (χ1) is 15.3. The highest BCUT2D eigenvalue weighted by atomic mass is 19.4. The number of halogens is 6. The Bertz CT molecular complexity index is 836. The van der Waals surface area contributed by atoms with Crippen LogP contribution in [0.3, 0.4) is 0 Å². The van der Waals surface area contributed by atoms with Crippen molar-refractivity contribution >= 4 is 5.78 Å². The average Bonchev–Trinajstić information content (AvgIpc) is 2.71. The predicted octanol–water partition coefficient (Wildman–Crippen LogP) is 7.39. The Balaban J connectivity index is 0.000000653. The zero-order chi connectivity index (χ0) is 25.8. The van der Waals surface area contributed by atoms with Gasteiger partial charge in [-0.3, -0.25) is 4.79 Å². The van der Waals surface area contributed by atoms with Crippen LogP contribution in [0.25, 0.3) is 0 Å². The lowest BCUT2D eigenvalue weighted by atomic mass is 9.87. The Morgan fingerprint density at radius 1 is 1.00 bits per heavy atom. The van der Waals surface area contributed by atoms with Gasteiger partial charge in [0.2, 0.25) is 0 Å². The molecule has 2 N–H and O–H groups in total. The molecule has 0 aliphatic heterocycles. The number of carbonyl (C=O) groups is 1. The van der Waals surface area contributed by atoms with E-state index >= 15 is 0 Å². The second-order valence-corrected chi connectivity index (χ2v) is 7.79. The van der Waals surface area contributed by atoms with E-state index in [0.717, 1.165) is 50.8 Å². The SMILES string of the molecule is C=C/C(=C\C=C(/C)C(F)(F)F)C(C)=O.CCCC(CCC)C(N)Cc1cc(F)c(F)cc1F. The second-order valence-electron chi connectivity index (χ2n) is 7.79. The highest BCUT2D eigenvalue weighted by Gasteiger charge is 2.29. The summed E-state index contributed by atoms with van der Waals surface area (Å²) in [4.78, 5) is 10.8. The molecule has 186 valence electrons. The Morgan fingerprint density at radius 3 is 1.94 bits per heavy atom. The zero-order valence-electron chi connectivity index (χ0n) is 19.5. The third kappa shape index (κ3) is 11.4. The number of rotatable bonds is 10. The van der Waals surface area contributed by atoms with Gasteiger partial charge in [0.25, 0.3) is 0 Å². The van der Waals surface area contributed by atoms with Crippen molar-refractivity contribution < 1.29 is 31.1 Å². The molecule has 0 aromatic heterocycles. The smallest absolute Gasteiger partial charge is 0.327 e. The number of ketones is 1. The summed E-state index contributed by atoms with van der Waals surface area (Å²) >= 11 is 0. The van der Waals surface area contributed by atoms with E-state index in [1.807, 2.05) is 0 Å². The maximum Gasteiger partial charge on any atom is 0.412 e. The number of alkyl halides is 3. The summed E-state index contributed by atoms with van der Waals surface area (Å²) in [6, 6.07) is 1.28. The normalized spacial score (nSPS) is 13.5. The monoisotopic (exact) mass is 477 g/mol. The van der Waals surface area contributed by atoms with Crippen LogP contribution in [0.15, 0.2) is 48.1 Å². The number of hydrogen-bond donors (Lipinski definition) is 1. The molecule has 0 radical (unpaired) electrons. The maximum atomic E-state index is 13.6. The largest absolute Gasteiger partial charge is 0.412 e. The van der Waals surface area contributed by atoms with Crippen LogP contribution in [0.2, 0.25) is 0 Å². The number of carbonyl (C=O) groups excluding carboxylic acids is 1. The van der Waals surface area contributed by atoms with Crippen LogP contribution < -0.4 is 5.73 Å². The highest BCUT2D eigenvalue weighted by molar-refractivity contribution is 5.96. The van der Waals surface area contributed by atoms with Gasteiger partial charge in [-0.1, -0.05) is 51.5 Å². The van der Waals surface area contributed by atoms with Crippen molar-refractivity contribution in [3.63, 3.8) is 0 Å². The lowest BCUT2D eigenvalue weighted by molar-refractivity contribution is -0.113. The van der Waals surface area contributed by atoms with E-state index in [2.05, 4.69) is 20.4 Å². The molecular weight excluding hydrogens is 444 g/mol. The van der Waals surface area contributed by atoms with Crippen LogP contribution in [-0.4, -0.2) is 18.0 Å². The fourth-order valence-corrected chi connectivity index (χ4v) is 3.09. The van der Waals surface area contributed by atoms with Crippen LogP contribution in [0.4, 0.5) is 26.3 Å². The van der Waals surface area contributed by atoms with Crippen molar-refractivity contribution in [3.8, 4) is 0 Å². The first-order valence-electron chi connectivity index (χ1n) is 10.8. The summed E-state index contributed by atoms with van der Waals surface area (Å²) in [6.45, 7) is 9.69. The van der Waals surface area contributed by atoms with E-state index in [9.17, 15) is 31.1 Å². The van der Waals surface area contributed by atoms with Crippen molar-refractivity contribution in [2.45, 2.75) is 72.0 Å². The van der Waals surface area contributed by atoms with Crippen molar-refractivity contribution in [1.29, 1.82) is 0 Å². The molecule has 1 rings (SSSR count). The molecule has 1 unspecified atom stereocenters. The molecule has 8 heteroatoms. The van der Waals surface area contributed by atoms with Gasteiger partial charge < -0.3 is 5.73 Å². The molecular formula is C25H33F6NO. The Morgan fingerprint density at radius 2 is 1.52 bits per heavy atom. The van der Waals surface area contributed by atoms with Gasteiger partial charge in [0.1, 0.15) is 5.82 Å². The topological polar surface area (TPSA) is 43.1 Å². The van der Waals surface area contributed by atoms with Gasteiger partial charge in [-0.2, -0.15) is 13.2 Å². The minimum Gasteiger partial charge on any atom is -0.327 e. The molecule has 0 heterocycles. The Hall–Kier alpha value is -2.35. The fourth-order valence-electron chi connectivity index (χ4n) is 3.09. The quantitative estimate of drug-likeness (QED) is 0.165. The van der Waals surface area contributed by atoms with Crippen LogP contribution in [0.1, 0.15) is 58.9 Å². The molecule has 0 fully saturated rings. The summed E-state index contributed by atoms with van der Waals surface area (Å²) in [5.74, 6) is -2.92. The van der Waals surface area contributed by atoms with Gasteiger partial charge >= 0.3 is 6.18 Å². The third-order valence-electron chi connectivity index (χ3n) is 5.06. The van der Waals surface area contributed by atoms with Crippen molar-refractivity contribution in [3.05, 3.63) is 71.1 Å². The maximum absolute atomic E-state index is 13.6. The molecule has 0 saturated carbocycles. The third-order valence-corrected chi connectivity index (χ3v) is 5.06. The summed E-state index contributed by atoms with van der Waals surface area (Å²) in [5.41, 5.74) is 5.66. The molecule has 0 spiro atoms. The molecule has 0 aliphatic carbocycles. The standard InChI is InChI=1S/C15H22F3N.C10H11F3O/c1-3-5-10(6-4-2)15(19)8-11-7-13(17)14(18)9-12(11)16;1-4-9(8(3)14)6-5-7(2)10(11,12)13/h7,9-10,15H,3-6,8,19H2,1-2H3;4-6H,1H2,2-3H3/b;7-5+,9-6+. The van der Waals surface area contributed by atoms with E-state index in [1.54, 1.807) is 0 Å². The van der Waals surface area contributed by atoms with Crippen molar-refractivity contribution in [1.82, 2.24) is 0 Å². The summed E-state index contributed by atoms with van der Waals surface area (Å²) in [5, 5.41) is 0. The molecule has 1 aromatic rings. The molecule has 2 nitrogen and oxygen atoms in total. The fraction of sp³-hybridized carbons (Fsp3) is 0.480. The molecule has 0 amide bonds. The number of nitrogens with two attached hydrogens (primary N) is 1. The Kier molecular flexibility index (Phi) is 13.7. The van der Waals surface area contributed by atoms with Crippen LogP contribution in [-0.2, 0) is 11.2 Å². The zero-order valence-corrected chi connectivity index (χ0v) is 19.5. The molecule has 33 heavy (non-hydrogen) atoms. The van der Waals surface area contributed by atoms with E-state index in [4.69, 9.17) is 5.73 Å². The van der Waals surface area contributed by atoms with Gasteiger partial charge in [-0.25, -0.2) is 13.2 Å². The van der Waals surface area contributed by atoms with E-state index in [0.29, 0.717) is 12.0 Å². The van der Waals surface area contributed by atoms with E-state index < -0.39 is 29.2 Å². The van der Waals surface area contributed by atoms with Gasteiger partial charge in [0.15, 0.2) is 17.4 Å². The molecule has 0 saturated heterocycles. The first-order valence-corrected chi connectivity index (χ1v) is 10.8. The number of hydrogen-bond acceptors (Lipinski definition) is 2. The van der Waals surface area contributed by atoms with E-state index in [-0.39, 0.29) is 29.4 Å². The van der Waals surface area contributed by atoms with Gasteiger partial charge in [0, 0.05) is 23.3 Å². The van der Waals surface area contributed by atoms with Crippen LogP contribution in [0.5, 0.6) is 0 Å². The lowest BCUT2D eigenvalue weighted by Gasteiger charge is -2.23. The summed E-state index contributed by atoms with van der Waals surface area (Å²) in [6.07, 6.45) is 3.06. The minimum atomic E-state index is -4.35. The molecule has 0 aliphatic rings. The van der Waals surface area contributed by atoms with Crippen molar-refractivity contribution in [2.75, 3.05) is 0 Å². The van der Waals surface area contributed by atoms with Gasteiger partial charge in [0.05, 0.1) is 0 Å². The van der Waals surface area contributed by atoms with Crippen LogP contribution >= 0.6 is 0 Å². The molecule has 1 aromatic carbocycles. The van der Waals surface area contributed by atoms with Crippen molar-refractivity contribution in [2.24, 2.45) is 11.7 Å². The Labute approximate surface area is 192 Å². The lowest BCUT2D eigenvalue weighted by Crippen LogP contribution is -2.32. The predicted molar refractivity (Wildman–Crippen MR) is 120 cm³/mol. The number of benzene rings is 1. The average molecular weight is 478 g/mol. The van der Waals surface area contributed by atoms with Gasteiger partial charge in [-0.05, 0) is 50.7 Å². The second kappa shape index (κ2) is 14.7.